The van der Waals surface area contributed by atoms with Gasteiger partial charge in [0, 0.05) is 32.1 Å². The molecule has 1 unspecified atom stereocenters. The first-order valence-electron chi connectivity index (χ1n) is 6.11. The molecule has 0 aliphatic heterocycles. The van der Waals surface area contributed by atoms with E-state index < -0.39 is 0 Å². The van der Waals surface area contributed by atoms with Crippen LogP contribution in [0.3, 0.4) is 0 Å². The van der Waals surface area contributed by atoms with Crippen LogP contribution in [0.5, 0.6) is 5.75 Å². The summed E-state index contributed by atoms with van der Waals surface area (Å²) in [6, 6.07) is 7.66. The maximum atomic E-state index is 8.63. The zero-order chi connectivity index (χ0) is 13.2. The van der Waals surface area contributed by atoms with Crippen molar-refractivity contribution in [3.63, 3.8) is 0 Å². The minimum Gasteiger partial charge on any atom is -0.491 e. The van der Waals surface area contributed by atoms with Crippen molar-refractivity contribution in [1.82, 2.24) is 0 Å². The third-order valence-corrected chi connectivity index (χ3v) is 2.39. The van der Waals surface area contributed by atoms with Gasteiger partial charge < -0.3 is 14.6 Å². The van der Waals surface area contributed by atoms with Crippen LogP contribution in [0, 0.1) is 11.8 Å². The molecule has 0 fully saturated rings. The minimum atomic E-state index is 0.102. The standard InChI is InChI=1S/C15H20O3/c1-13(10-12-17-2)18-15-8-6-14(7-9-15)5-3-4-11-16/h6-9,13,16H,4,10-12H2,1-2H3. The van der Waals surface area contributed by atoms with E-state index in [1.165, 1.54) is 0 Å². The van der Waals surface area contributed by atoms with Gasteiger partial charge in [0.2, 0.25) is 0 Å². The van der Waals surface area contributed by atoms with Gasteiger partial charge in [0.15, 0.2) is 0 Å². The molecule has 0 aliphatic rings. The quantitative estimate of drug-likeness (QED) is 0.785. The number of hydrogen-bond acceptors (Lipinski definition) is 3. The third-order valence-electron chi connectivity index (χ3n) is 2.39. The molecular weight excluding hydrogens is 228 g/mol. The van der Waals surface area contributed by atoms with Crippen LogP contribution in [-0.2, 0) is 4.74 Å². The Balaban J connectivity index is 2.48. The average molecular weight is 248 g/mol. The Morgan fingerprint density at radius 3 is 2.61 bits per heavy atom. The summed E-state index contributed by atoms with van der Waals surface area (Å²) in [7, 11) is 1.69. The number of aliphatic hydroxyl groups excluding tert-OH is 1. The monoisotopic (exact) mass is 248 g/mol. The second-order valence-electron chi connectivity index (χ2n) is 4.01. The van der Waals surface area contributed by atoms with Crippen molar-refractivity contribution in [2.24, 2.45) is 0 Å². The Labute approximate surface area is 109 Å². The maximum Gasteiger partial charge on any atom is 0.119 e. The molecule has 0 amide bonds. The van der Waals surface area contributed by atoms with Gasteiger partial charge in [-0.3, -0.25) is 0 Å². The van der Waals surface area contributed by atoms with Crippen LogP contribution in [0.4, 0.5) is 0 Å². The van der Waals surface area contributed by atoms with Gasteiger partial charge in [-0.1, -0.05) is 11.8 Å². The predicted molar refractivity (Wildman–Crippen MR) is 71.6 cm³/mol. The summed E-state index contributed by atoms with van der Waals surface area (Å²) >= 11 is 0. The number of aliphatic hydroxyl groups is 1. The molecule has 3 nitrogen and oxygen atoms in total. The molecular formula is C15H20O3. The molecule has 0 aromatic heterocycles. The lowest BCUT2D eigenvalue weighted by Crippen LogP contribution is -2.14. The summed E-state index contributed by atoms with van der Waals surface area (Å²) in [6.45, 7) is 2.82. The smallest absolute Gasteiger partial charge is 0.119 e. The topological polar surface area (TPSA) is 38.7 Å². The molecule has 1 aromatic carbocycles. The molecule has 0 saturated heterocycles. The summed E-state index contributed by atoms with van der Waals surface area (Å²) in [5, 5.41) is 8.63. The van der Waals surface area contributed by atoms with Gasteiger partial charge in [-0.05, 0) is 31.2 Å². The summed E-state index contributed by atoms with van der Waals surface area (Å²) in [6.07, 6.45) is 1.51. The zero-order valence-electron chi connectivity index (χ0n) is 11.0. The molecule has 3 heteroatoms. The molecule has 0 radical (unpaired) electrons. The first-order valence-corrected chi connectivity index (χ1v) is 6.11. The normalized spacial score (nSPS) is 11.5. The van der Waals surface area contributed by atoms with Crippen LogP contribution in [0.2, 0.25) is 0 Å². The summed E-state index contributed by atoms with van der Waals surface area (Å²) in [5.74, 6) is 6.70. The van der Waals surface area contributed by atoms with E-state index in [9.17, 15) is 0 Å². The van der Waals surface area contributed by atoms with Crippen LogP contribution in [0.25, 0.3) is 0 Å². The van der Waals surface area contributed by atoms with Crippen LogP contribution in [-0.4, -0.2) is 31.5 Å². The lowest BCUT2D eigenvalue weighted by Gasteiger charge is -2.14. The van der Waals surface area contributed by atoms with Gasteiger partial charge in [0.05, 0.1) is 12.7 Å². The van der Waals surface area contributed by atoms with E-state index in [1.54, 1.807) is 7.11 Å². The van der Waals surface area contributed by atoms with E-state index in [0.29, 0.717) is 13.0 Å². The van der Waals surface area contributed by atoms with E-state index in [4.69, 9.17) is 14.6 Å². The van der Waals surface area contributed by atoms with E-state index in [0.717, 1.165) is 17.7 Å². The highest BCUT2D eigenvalue weighted by atomic mass is 16.5. The van der Waals surface area contributed by atoms with Crippen LogP contribution >= 0.6 is 0 Å². The van der Waals surface area contributed by atoms with Crippen molar-refractivity contribution in [2.75, 3.05) is 20.3 Å². The molecule has 1 N–H and O–H groups in total. The van der Waals surface area contributed by atoms with Crippen molar-refractivity contribution < 1.29 is 14.6 Å². The second-order valence-corrected chi connectivity index (χ2v) is 4.01. The Bertz CT molecular complexity index is 386. The molecule has 0 spiro atoms. The van der Waals surface area contributed by atoms with E-state index >= 15 is 0 Å². The summed E-state index contributed by atoms with van der Waals surface area (Å²) in [5.41, 5.74) is 0.931. The highest BCUT2D eigenvalue weighted by Gasteiger charge is 2.03. The van der Waals surface area contributed by atoms with Crippen LogP contribution in [0.1, 0.15) is 25.3 Å². The molecule has 18 heavy (non-hydrogen) atoms. The molecule has 1 rings (SSSR count). The SMILES string of the molecule is COCCC(C)Oc1ccc(C#CCCO)cc1. The highest BCUT2D eigenvalue weighted by molar-refractivity contribution is 5.38. The van der Waals surface area contributed by atoms with E-state index in [1.807, 2.05) is 31.2 Å². The van der Waals surface area contributed by atoms with E-state index in [2.05, 4.69) is 11.8 Å². The molecule has 1 atom stereocenters. The zero-order valence-corrected chi connectivity index (χ0v) is 11.0. The van der Waals surface area contributed by atoms with Crippen LogP contribution < -0.4 is 4.74 Å². The fourth-order valence-electron chi connectivity index (χ4n) is 1.41. The van der Waals surface area contributed by atoms with Gasteiger partial charge in [0.1, 0.15) is 5.75 Å². The van der Waals surface area contributed by atoms with Crippen molar-refractivity contribution in [2.45, 2.75) is 25.9 Å². The first-order chi connectivity index (χ1) is 8.76. The Hall–Kier alpha value is -1.50. The van der Waals surface area contributed by atoms with E-state index in [-0.39, 0.29) is 12.7 Å². The molecule has 98 valence electrons. The van der Waals surface area contributed by atoms with Crippen molar-refractivity contribution in [1.29, 1.82) is 0 Å². The first kappa shape index (κ1) is 14.6. The van der Waals surface area contributed by atoms with Crippen molar-refractivity contribution in [3.8, 4) is 17.6 Å². The Morgan fingerprint density at radius 2 is 2.00 bits per heavy atom. The van der Waals surface area contributed by atoms with Gasteiger partial charge in [-0.25, -0.2) is 0 Å². The average Bonchev–Trinajstić information content (AvgIpc) is 2.39. The van der Waals surface area contributed by atoms with Gasteiger partial charge in [-0.2, -0.15) is 0 Å². The van der Waals surface area contributed by atoms with Gasteiger partial charge in [-0.15, -0.1) is 0 Å². The predicted octanol–water partition coefficient (Wildman–Crippen LogP) is 2.22. The molecule has 0 bridgehead atoms. The fraction of sp³-hybridized carbons (Fsp3) is 0.467. The largest absolute Gasteiger partial charge is 0.491 e. The number of rotatable bonds is 6. The van der Waals surface area contributed by atoms with Crippen LogP contribution in [0.15, 0.2) is 24.3 Å². The third kappa shape index (κ3) is 5.72. The minimum absolute atomic E-state index is 0.102. The number of hydrogen-bond donors (Lipinski definition) is 1. The van der Waals surface area contributed by atoms with Gasteiger partial charge in [0.25, 0.3) is 0 Å². The molecule has 0 aliphatic carbocycles. The summed E-state index contributed by atoms with van der Waals surface area (Å²) in [4.78, 5) is 0. The number of methoxy groups -OCH3 is 1. The highest BCUT2D eigenvalue weighted by Crippen LogP contribution is 2.14. The summed E-state index contributed by atoms with van der Waals surface area (Å²) < 4.78 is 10.7. The second kappa shape index (κ2) is 8.57. The Kier molecular flexibility index (Phi) is 6.93. The lowest BCUT2D eigenvalue weighted by atomic mass is 10.2. The maximum absolute atomic E-state index is 8.63. The Morgan fingerprint density at radius 1 is 1.28 bits per heavy atom. The molecule has 1 aromatic rings. The van der Waals surface area contributed by atoms with Crippen molar-refractivity contribution in [3.05, 3.63) is 29.8 Å². The lowest BCUT2D eigenvalue weighted by molar-refractivity contribution is 0.135. The molecule has 0 saturated carbocycles. The fourth-order valence-corrected chi connectivity index (χ4v) is 1.41. The number of ether oxygens (including phenoxy) is 2. The molecule has 0 heterocycles. The van der Waals surface area contributed by atoms with Crippen molar-refractivity contribution >= 4 is 0 Å². The van der Waals surface area contributed by atoms with Gasteiger partial charge >= 0.3 is 0 Å². The number of benzene rings is 1.